The van der Waals surface area contributed by atoms with E-state index in [1.54, 1.807) is 48.5 Å². The van der Waals surface area contributed by atoms with Crippen LogP contribution >= 0.6 is 23.2 Å². The third-order valence-corrected chi connectivity index (χ3v) is 3.49. The summed E-state index contributed by atoms with van der Waals surface area (Å²) in [4.78, 5) is 23.9. The summed E-state index contributed by atoms with van der Waals surface area (Å²) in [5.41, 5.74) is 0.737. The molecule has 0 saturated carbocycles. The number of carbonyl (C=O) groups excluding carboxylic acids is 2. The molecule has 0 saturated heterocycles. The van der Waals surface area contributed by atoms with E-state index in [2.05, 4.69) is 0 Å². The molecule has 120 valence electrons. The highest BCUT2D eigenvalue weighted by atomic mass is 35.5. The zero-order valence-electron chi connectivity index (χ0n) is 12.3. The van der Waals surface area contributed by atoms with Crippen molar-refractivity contribution >= 4 is 41.0 Å². The van der Waals surface area contributed by atoms with E-state index in [1.165, 1.54) is 12.1 Å². The largest absolute Gasteiger partial charge is 0.453 e. The number of ketones is 1. The molecule has 2 aromatic rings. The second-order valence-electron chi connectivity index (χ2n) is 4.73. The second kappa shape index (κ2) is 8.30. The predicted octanol–water partition coefficient (Wildman–Crippen LogP) is 4.33. The Kier molecular flexibility index (Phi) is 6.14. The van der Waals surface area contributed by atoms with E-state index in [9.17, 15) is 9.59 Å². The number of Topliss-reactive ketones (excluding diaryl/α,β-unsaturated/α-hetero) is 1. The summed E-state index contributed by atoms with van der Waals surface area (Å²) >= 11 is 11.6. The number of rotatable bonds is 5. The topological polar surface area (TPSA) is 67.2 Å². The average Bonchev–Trinajstić information content (AvgIpc) is 2.58. The van der Waals surface area contributed by atoms with E-state index >= 15 is 0 Å². The van der Waals surface area contributed by atoms with E-state index in [4.69, 9.17) is 33.2 Å². The molecule has 0 spiro atoms. The lowest BCUT2D eigenvalue weighted by atomic mass is 10.1. The van der Waals surface area contributed by atoms with Crippen molar-refractivity contribution in [3.05, 3.63) is 75.3 Å². The minimum absolute atomic E-state index is 0.212. The van der Waals surface area contributed by atoms with Crippen LogP contribution in [0.5, 0.6) is 0 Å². The number of carbonyl (C=O) groups is 2. The van der Waals surface area contributed by atoms with Gasteiger partial charge in [0.05, 0.1) is 0 Å². The Labute approximate surface area is 148 Å². The van der Waals surface area contributed by atoms with Crippen LogP contribution in [0.2, 0.25) is 10.0 Å². The molecule has 0 amide bonds. The first kappa shape index (κ1) is 17.7. The third-order valence-electron chi connectivity index (χ3n) is 3.00. The van der Waals surface area contributed by atoms with Crippen molar-refractivity contribution in [1.29, 1.82) is 5.26 Å². The third kappa shape index (κ3) is 4.95. The Morgan fingerprint density at radius 2 is 1.79 bits per heavy atom. The Bertz CT molecular complexity index is 836. The highest BCUT2D eigenvalue weighted by molar-refractivity contribution is 6.31. The molecule has 0 N–H and O–H groups in total. The molecule has 0 radical (unpaired) electrons. The number of hydrogen-bond donors (Lipinski definition) is 0. The van der Waals surface area contributed by atoms with Crippen molar-refractivity contribution < 1.29 is 14.3 Å². The lowest BCUT2D eigenvalue weighted by Crippen LogP contribution is -2.15. The Morgan fingerprint density at radius 3 is 2.42 bits per heavy atom. The minimum atomic E-state index is -0.872. The van der Waals surface area contributed by atoms with Crippen LogP contribution in [-0.4, -0.2) is 18.4 Å². The van der Waals surface area contributed by atoms with Gasteiger partial charge < -0.3 is 4.74 Å². The minimum Gasteiger partial charge on any atom is -0.453 e. The van der Waals surface area contributed by atoms with E-state index in [0.717, 1.165) is 0 Å². The molecule has 0 aliphatic heterocycles. The van der Waals surface area contributed by atoms with Gasteiger partial charge in [-0.05, 0) is 35.9 Å². The molecule has 0 bridgehead atoms. The maximum atomic E-state index is 12.0. The first-order valence-corrected chi connectivity index (χ1v) is 7.58. The molecule has 6 heteroatoms. The van der Waals surface area contributed by atoms with Gasteiger partial charge in [0.15, 0.2) is 12.4 Å². The standard InChI is InChI=1S/C18H11Cl2NO3/c19-15-6-4-12(5-7-15)8-14(10-21)18(23)24-11-17(22)13-2-1-3-16(20)9-13/h1-9H,11H2. The SMILES string of the molecule is N#CC(=Cc1ccc(Cl)cc1)C(=O)OCC(=O)c1cccc(Cl)c1. The summed E-state index contributed by atoms with van der Waals surface area (Å²) < 4.78 is 4.90. The van der Waals surface area contributed by atoms with Gasteiger partial charge in [-0.3, -0.25) is 4.79 Å². The quantitative estimate of drug-likeness (QED) is 0.345. The molecule has 0 unspecified atom stereocenters. The molecular formula is C18H11Cl2NO3. The van der Waals surface area contributed by atoms with E-state index in [-0.39, 0.29) is 5.57 Å². The van der Waals surface area contributed by atoms with Gasteiger partial charge in [0.2, 0.25) is 0 Å². The molecule has 0 aliphatic rings. The lowest BCUT2D eigenvalue weighted by Gasteiger charge is -2.04. The highest BCUT2D eigenvalue weighted by Gasteiger charge is 2.14. The van der Waals surface area contributed by atoms with Gasteiger partial charge in [0, 0.05) is 15.6 Å². The molecule has 0 aromatic heterocycles. The second-order valence-corrected chi connectivity index (χ2v) is 5.60. The molecule has 0 aliphatic carbocycles. The number of nitrogens with zero attached hydrogens (tertiary/aromatic N) is 1. The van der Waals surface area contributed by atoms with Crippen molar-refractivity contribution in [3.8, 4) is 6.07 Å². The Balaban J connectivity index is 2.03. The molecular weight excluding hydrogens is 349 g/mol. The smallest absolute Gasteiger partial charge is 0.349 e. The van der Waals surface area contributed by atoms with Crippen LogP contribution in [-0.2, 0) is 9.53 Å². The number of esters is 1. The van der Waals surface area contributed by atoms with Gasteiger partial charge in [-0.15, -0.1) is 0 Å². The summed E-state index contributed by atoms with van der Waals surface area (Å²) in [6, 6.07) is 14.6. The molecule has 2 aromatic carbocycles. The van der Waals surface area contributed by atoms with Crippen LogP contribution < -0.4 is 0 Å². The van der Waals surface area contributed by atoms with Crippen LogP contribution in [0.25, 0.3) is 6.08 Å². The number of halogens is 2. The normalized spacial score (nSPS) is 10.8. The monoisotopic (exact) mass is 359 g/mol. The molecule has 0 atom stereocenters. The van der Waals surface area contributed by atoms with Crippen LogP contribution in [0.3, 0.4) is 0 Å². The number of benzene rings is 2. The first-order valence-electron chi connectivity index (χ1n) is 6.83. The van der Waals surface area contributed by atoms with Crippen LogP contribution in [0.4, 0.5) is 0 Å². The molecule has 0 fully saturated rings. The number of ether oxygens (including phenoxy) is 1. The van der Waals surface area contributed by atoms with E-state index < -0.39 is 18.4 Å². The summed E-state index contributed by atoms with van der Waals surface area (Å²) in [5, 5.41) is 10.0. The molecule has 2 rings (SSSR count). The van der Waals surface area contributed by atoms with Crippen molar-refractivity contribution in [2.75, 3.05) is 6.61 Å². The van der Waals surface area contributed by atoms with Gasteiger partial charge in [-0.1, -0.05) is 47.5 Å². The number of hydrogen-bond acceptors (Lipinski definition) is 4. The van der Waals surface area contributed by atoms with Crippen molar-refractivity contribution in [2.45, 2.75) is 0 Å². The number of nitriles is 1. The lowest BCUT2D eigenvalue weighted by molar-refractivity contribution is -0.137. The van der Waals surface area contributed by atoms with Crippen molar-refractivity contribution in [1.82, 2.24) is 0 Å². The fourth-order valence-electron chi connectivity index (χ4n) is 1.82. The van der Waals surface area contributed by atoms with Gasteiger partial charge in [-0.2, -0.15) is 5.26 Å². The Hall–Kier alpha value is -2.61. The van der Waals surface area contributed by atoms with Gasteiger partial charge in [-0.25, -0.2) is 4.79 Å². The maximum Gasteiger partial charge on any atom is 0.349 e. The van der Waals surface area contributed by atoms with Crippen LogP contribution in [0, 0.1) is 11.3 Å². The summed E-state index contributed by atoms with van der Waals surface area (Å²) in [6.45, 7) is -0.473. The van der Waals surface area contributed by atoms with Crippen molar-refractivity contribution in [2.24, 2.45) is 0 Å². The molecule has 0 heterocycles. The van der Waals surface area contributed by atoms with Gasteiger partial charge >= 0.3 is 5.97 Å². The van der Waals surface area contributed by atoms with Gasteiger partial charge in [0.25, 0.3) is 0 Å². The molecule has 24 heavy (non-hydrogen) atoms. The van der Waals surface area contributed by atoms with Crippen molar-refractivity contribution in [3.63, 3.8) is 0 Å². The fourth-order valence-corrected chi connectivity index (χ4v) is 2.13. The Morgan fingerprint density at radius 1 is 1.08 bits per heavy atom. The van der Waals surface area contributed by atoms with Crippen LogP contribution in [0.1, 0.15) is 15.9 Å². The summed E-state index contributed by atoms with van der Waals surface area (Å²) in [5.74, 6) is -1.28. The first-order chi connectivity index (χ1) is 11.5. The zero-order chi connectivity index (χ0) is 17.5. The summed E-state index contributed by atoms with van der Waals surface area (Å²) in [7, 11) is 0. The fraction of sp³-hybridized carbons (Fsp3) is 0.0556. The maximum absolute atomic E-state index is 12.0. The summed E-state index contributed by atoms with van der Waals surface area (Å²) in [6.07, 6.45) is 1.36. The average molecular weight is 360 g/mol. The van der Waals surface area contributed by atoms with E-state index in [1.807, 2.05) is 0 Å². The molecule has 4 nitrogen and oxygen atoms in total. The van der Waals surface area contributed by atoms with Crippen LogP contribution in [0.15, 0.2) is 54.1 Å². The zero-order valence-corrected chi connectivity index (χ0v) is 13.8. The van der Waals surface area contributed by atoms with E-state index in [0.29, 0.717) is 21.2 Å². The highest BCUT2D eigenvalue weighted by Crippen LogP contribution is 2.14. The van der Waals surface area contributed by atoms with Gasteiger partial charge in [0.1, 0.15) is 11.6 Å². The predicted molar refractivity (Wildman–Crippen MR) is 91.8 cm³/mol.